The Kier molecular flexibility index (Phi) is 6.33. The number of benzene rings is 1. The Morgan fingerprint density at radius 3 is 2.50 bits per heavy atom. The van der Waals surface area contributed by atoms with Gasteiger partial charge in [0.15, 0.2) is 0 Å². The Balaban J connectivity index is 1.57. The number of nitrogens with one attached hydrogen (secondary N) is 1. The van der Waals surface area contributed by atoms with Crippen molar-refractivity contribution in [1.29, 1.82) is 0 Å². The second-order valence-electron chi connectivity index (χ2n) is 6.44. The first-order chi connectivity index (χ1) is 13.3. The molecule has 1 aromatic heterocycles. The summed E-state index contributed by atoms with van der Waals surface area (Å²) in [5.41, 5.74) is 0.232. The summed E-state index contributed by atoms with van der Waals surface area (Å²) < 4.78 is 0. The molecule has 1 atom stereocenters. The molecule has 3 rings (SSSR count). The Morgan fingerprint density at radius 2 is 1.93 bits per heavy atom. The van der Waals surface area contributed by atoms with Gasteiger partial charge in [0, 0.05) is 44.5 Å². The zero-order chi connectivity index (χ0) is 20.3. The fraction of sp³-hybridized carbons (Fsp3) is 0.333. The van der Waals surface area contributed by atoms with E-state index in [0.29, 0.717) is 23.8 Å². The molecule has 1 aliphatic heterocycles. The van der Waals surface area contributed by atoms with Crippen LogP contribution in [-0.4, -0.2) is 52.9 Å². The van der Waals surface area contributed by atoms with Crippen molar-refractivity contribution in [2.45, 2.75) is 13.0 Å². The number of hydrogen-bond acceptors (Lipinski definition) is 6. The number of anilines is 2. The SMILES string of the molecule is CC(C(=O)Nc1ccc([N+](=O)[O-])cc1Cl)N1CCN(c2ccc(Cl)cn2)CC1. The van der Waals surface area contributed by atoms with E-state index >= 15 is 0 Å². The highest BCUT2D eigenvalue weighted by atomic mass is 35.5. The normalized spacial score (nSPS) is 15.9. The van der Waals surface area contributed by atoms with Gasteiger partial charge in [-0.3, -0.25) is 19.8 Å². The van der Waals surface area contributed by atoms with Crippen LogP contribution in [0.3, 0.4) is 0 Å². The van der Waals surface area contributed by atoms with E-state index in [1.807, 2.05) is 13.0 Å². The lowest BCUT2D eigenvalue weighted by molar-refractivity contribution is -0.384. The molecule has 0 radical (unpaired) electrons. The van der Waals surface area contributed by atoms with Gasteiger partial charge in [0.25, 0.3) is 5.69 Å². The number of piperazine rings is 1. The molecule has 8 nitrogen and oxygen atoms in total. The van der Waals surface area contributed by atoms with Gasteiger partial charge < -0.3 is 10.2 Å². The first-order valence-corrected chi connectivity index (χ1v) is 9.46. The van der Waals surface area contributed by atoms with E-state index in [0.717, 1.165) is 18.9 Å². The minimum absolute atomic E-state index is 0.122. The Labute approximate surface area is 172 Å². The van der Waals surface area contributed by atoms with E-state index in [1.165, 1.54) is 18.2 Å². The van der Waals surface area contributed by atoms with Gasteiger partial charge in [0.2, 0.25) is 5.91 Å². The predicted molar refractivity (Wildman–Crippen MR) is 109 cm³/mol. The summed E-state index contributed by atoms with van der Waals surface area (Å²) in [6, 6.07) is 7.29. The molecule has 148 valence electrons. The summed E-state index contributed by atoms with van der Waals surface area (Å²) in [4.78, 5) is 31.4. The van der Waals surface area contributed by atoms with Crippen molar-refractivity contribution in [2.24, 2.45) is 0 Å². The Hall–Kier alpha value is -2.42. The van der Waals surface area contributed by atoms with Crippen LogP contribution >= 0.6 is 23.2 Å². The number of halogens is 2. The van der Waals surface area contributed by atoms with Crippen LogP contribution in [-0.2, 0) is 4.79 Å². The molecule has 1 aromatic carbocycles. The molecule has 1 unspecified atom stereocenters. The first-order valence-electron chi connectivity index (χ1n) is 8.70. The van der Waals surface area contributed by atoms with Crippen LogP contribution in [0.4, 0.5) is 17.2 Å². The van der Waals surface area contributed by atoms with E-state index in [2.05, 4.69) is 20.1 Å². The molecule has 1 aliphatic rings. The molecule has 2 heterocycles. The van der Waals surface area contributed by atoms with Crippen molar-refractivity contribution in [3.8, 4) is 0 Å². The van der Waals surface area contributed by atoms with Crippen molar-refractivity contribution in [1.82, 2.24) is 9.88 Å². The van der Waals surface area contributed by atoms with Gasteiger partial charge in [0.1, 0.15) is 5.82 Å². The van der Waals surface area contributed by atoms with Crippen molar-refractivity contribution in [3.63, 3.8) is 0 Å². The molecule has 0 saturated carbocycles. The van der Waals surface area contributed by atoms with E-state index in [-0.39, 0.29) is 22.7 Å². The van der Waals surface area contributed by atoms with E-state index in [4.69, 9.17) is 23.2 Å². The zero-order valence-corrected chi connectivity index (χ0v) is 16.7. The maximum Gasteiger partial charge on any atom is 0.271 e. The molecule has 1 fully saturated rings. The molecule has 1 N–H and O–H groups in total. The second kappa shape index (κ2) is 8.72. The van der Waals surface area contributed by atoms with Crippen molar-refractivity contribution in [2.75, 3.05) is 36.4 Å². The number of amides is 1. The largest absolute Gasteiger partial charge is 0.354 e. The van der Waals surface area contributed by atoms with Crippen molar-refractivity contribution in [3.05, 3.63) is 56.7 Å². The maximum atomic E-state index is 12.6. The number of rotatable bonds is 5. The lowest BCUT2D eigenvalue weighted by Crippen LogP contribution is -2.53. The number of nitro groups is 1. The molecule has 10 heteroatoms. The zero-order valence-electron chi connectivity index (χ0n) is 15.1. The van der Waals surface area contributed by atoms with Gasteiger partial charge in [-0.2, -0.15) is 0 Å². The molecular weight excluding hydrogens is 405 g/mol. The topological polar surface area (TPSA) is 91.6 Å². The van der Waals surface area contributed by atoms with Crippen LogP contribution < -0.4 is 10.2 Å². The third kappa shape index (κ3) is 4.70. The number of carbonyl (C=O) groups is 1. The lowest BCUT2D eigenvalue weighted by Gasteiger charge is -2.38. The summed E-state index contributed by atoms with van der Waals surface area (Å²) in [6.45, 7) is 4.71. The highest BCUT2D eigenvalue weighted by molar-refractivity contribution is 6.34. The maximum absolute atomic E-state index is 12.6. The third-order valence-electron chi connectivity index (χ3n) is 4.70. The molecule has 1 amide bonds. The number of nitrogens with zero attached hydrogens (tertiary/aromatic N) is 4. The lowest BCUT2D eigenvalue weighted by atomic mass is 10.2. The summed E-state index contributed by atoms with van der Waals surface area (Å²) in [5.74, 6) is 0.646. The van der Waals surface area contributed by atoms with Crippen LogP contribution in [0.1, 0.15) is 6.92 Å². The molecule has 0 aliphatic carbocycles. The average molecular weight is 424 g/mol. The third-order valence-corrected chi connectivity index (χ3v) is 5.23. The fourth-order valence-corrected chi connectivity index (χ4v) is 3.35. The number of nitro benzene ring substituents is 1. The van der Waals surface area contributed by atoms with Gasteiger partial charge >= 0.3 is 0 Å². The number of pyridine rings is 1. The van der Waals surface area contributed by atoms with Gasteiger partial charge in [-0.25, -0.2) is 4.98 Å². The van der Waals surface area contributed by atoms with Gasteiger partial charge in [-0.1, -0.05) is 23.2 Å². The molecule has 0 bridgehead atoms. The number of non-ortho nitro benzene ring substituents is 1. The summed E-state index contributed by atoms with van der Waals surface area (Å²) >= 11 is 11.9. The highest BCUT2D eigenvalue weighted by Gasteiger charge is 2.26. The molecule has 2 aromatic rings. The summed E-state index contributed by atoms with van der Waals surface area (Å²) in [6.07, 6.45) is 1.62. The first kappa shape index (κ1) is 20.3. The van der Waals surface area contributed by atoms with Gasteiger partial charge in [-0.05, 0) is 25.1 Å². The van der Waals surface area contributed by atoms with E-state index in [9.17, 15) is 14.9 Å². The fourth-order valence-electron chi connectivity index (χ4n) is 3.02. The van der Waals surface area contributed by atoms with Crippen LogP contribution in [0.2, 0.25) is 10.0 Å². The minimum Gasteiger partial charge on any atom is -0.354 e. The molecule has 1 saturated heterocycles. The van der Waals surface area contributed by atoms with E-state index < -0.39 is 4.92 Å². The highest BCUT2D eigenvalue weighted by Crippen LogP contribution is 2.27. The summed E-state index contributed by atoms with van der Waals surface area (Å²) in [5, 5.41) is 14.3. The number of hydrogen-bond donors (Lipinski definition) is 1. The Morgan fingerprint density at radius 1 is 1.21 bits per heavy atom. The number of carbonyl (C=O) groups excluding carboxylic acids is 1. The smallest absolute Gasteiger partial charge is 0.271 e. The summed E-state index contributed by atoms with van der Waals surface area (Å²) in [7, 11) is 0. The number of aromatic nitrogens is 1. The van der Waals surface area contributed by atoms with Crippen LogP contribution in [0.5, 0.6) is 0 Å². The van der Waals surface area contributed by atoms with E-state index in [1.54, 1.807) is 12.3 Å². The van der Waals surface area contributed by atoms with Gasteiger partial charge in [-0.15, -0.1) is 0 Å². The quantitative estimate of drug-likeness (QED) is 0.584. The standard InChI is InChI=1S/C18H19Cl2N5O3/c1-12(18(26)22-16-4-3-14(25(27)28)10-15(16)20)23-6-8-24(9-7-23)17-5-2-13(19)11-21-17/h2-5,10-12H,6-9H2,1H3,(H,22,26). The average Bonchev–Trinajstić information content (AvgIpc) is 2.69. The molecule has 0 spiro atoms. The minimum atomic E-state index is -0.533. The van der Waals surface area contributed by atoms with Crippen LogP contribution in [0.15, 0.2) is 36.5 Å². The van der Waals surface area contributed by atoms with Crippen molar-refractivity contribution >= 4 is 46.3 Å². The Bertz CT molecular complexity index is 870. The van der Waals surface area contributed by atoms with Crippen LogP contribution in [0, 0.1) is 10.1 Å². The molecular formula is C18H19Cl2N5O3. The van der Waals surface area contributed by atoms with Crippen LogP contribution in [0.25, 0.3) is 0 Å². The van der Waals surface area contributed by atoms with Gasteiger partial charge in [0.05, 0.1) is 26.7 Å². The monoisotopic (exact) mass is 423 g/mol. The second-order valence-corrected chi connectivity index (χ2v) is 7.29. The predicted octanol–water partition coefficient (Wildman–Crippen LogP) is 3.45. The van der Waals surface area contributed by atoms with Crippen molar-refractivity contribution < 1.29 is 9.72 Å². The molecule has 28 heavy (non-hydrogen) atoms.